The van der Waals surface area contributed by atoms with E-state index in [0.717, 1.165) is 4.90 Å². The highest BCUT2D eigenvalue weighted by molar-refractivity contribution is 8.18. The number of benzene rings is 2. The Hall–Kier alpha value is -3.90. The lowest BCUT2D eigenvalue weighted by Crippen LogP contribution is -2.43. The van der Waals surface area contributed by atoms with E-state index in [9.17, 15) is 23.6 Å². The monoisotopic (exact) mass is 543 g/mol. The number of rotatable bonds is 9. The molecule has 2 aromatic carbocycles. The van der Waals surface area contributed by atoms with Crippen molar-refractivity contribution < 1.29 is 37.8 Å². The van der Waals surface area contributed by atoms with Crippen LogP contribution in [0.1, 0.15) is 12.5 Å². The van der Waals surface area contributed by atoms with Crippen molar-refractivity contribution in [3.63, 3.8) is 0 Å². The summed E-state index contributed by atoms with van der Waals surface area (Å²) in [6, 6.07) is 10.1. The summed E-state index contributed by atoms with van der Waals surface area (Å²) >= 11 is 0.717. The lowest BCUT2D eigenvalue weighted by molar-refractivity contribution is -0.137. The molecule has 0 atom stereocenters. The zero-order valence-electron chi connectivity index (χ0n) is 20.6. The van der Waals surface area contributed by atoms with Gasteiger partial charge in [0.2, 0.25) is 5.91 Å². The molecule has 0 unspecified atom stereocenters. The molecule has 10 nitrogen and oxygen atoms in total. The molecule has 4 rings (SSSR count). The molecule has 12 heteroatoms. The van der Waals surface area contributed by atoms with E-state index in [4.69, 9.17) is 14.2 Å². The molecule has 0 saturated carbocycles. The average molecular weight is 544 g/mol. The maximum absolute atomic E-state index is 13.1. The largest absolute Gasteiger partial charge is 0.490 e. The van der Waals surface area contributed by atoms with Gasteiger partial charge in [0.1, 0.15) is 12.4 Å². The normalized spacial score (nSPS) is 16.6. The van der Waals surface area contributed by atoms with Gasteiger partial charge in [-0.25, -0.2) is 4.39 Å². The van der Waals surface area contributed by atoms with Crippen LogP contribution in [0.4, 0.5) is 14.9 Å². The lowest BCUT2D eigenvalue weighted by atomic mass is 10.2. The van der Waals surface area contributed by atoms with E-state index in [1.165, 1.54) is 30.3 Å². The number of nitrogens with zero attached hydrogens (tertiary/aromatic N) is 2. The highest BCUT2D eigenvalue weighted by Crippen LogP contribution is 2.34. The van der Waals surface area contributed by atoms with Crippen LogP contribution in [0.15, 0.2) is 47.4 Å². The summed E-state index contributed by atoms with van der Waals surface area (Å²) in [4.78, 5) is 52.7. The van der Waals surface area contributed by atoms with Gasteiger partial charge in [0.05, 0.1) is 24.7 Å². The Morgan fingerprint density at radius 3 is 2.53 bits per heavy atom. The third kappa shape index (κ3) is 6.90. The second-order valence-corrected chi connectivity index (χ2v) is 9.24. The zero-order chi connectivity index (χ0) is 27.1. The number of thioether (sulfide) groups is 1. The second-order valence-electron chi connectivity index (χ2n) is 8.24. The van der Waals surface area contributed by atoms with E-state index >= 15 is 0 Å². The number of carbonyl (C=O) groups excluding carboxylic acids is 4. The molecule has 0 spiro atoms. The standard InChI is InChI=1S/C26H26FN3O7S/c1-2-36-21-13-17(3-8-20(21)37-16-24(32)29-9-11-35-12-10-29)14-22-25(33)30(26(34)38-22)15-23(31)28-19-6-4-18(27)5-7-19/h3-8,13-14H,2,9-12,15-16H2,1H3,(H,28,31)/b22-14-. The van der Waals surface area contributed by atoms with Crippen molar-refractivity contribution in [2.45, 2.75) is 6.92 Å². The van der Waals surface area contributed by atoms with Crippen LogP contribution in [0, 0.1) is 5.82 Å². The van der Waals surface area contributed by atoms with E-state index < -0.39 is 29.4 Å². The fraction of sp³-hybridized carbons (Fsp3) is 0.308. The zero-order valence-corrected chi connectivity index (χ0v) is 21.4. The van der Waals surface area contributed by atoms with Gasteiger partial charge < -0.3 is 24.4 Å². The molecule has 200 valence electrons. The third-order valence-corrected chi connectivity index (χ3v) is 6.49. The predicted molar refractivity (Wildman–Crippen MR) is 138 cm³/mol. The van der Waals surface area contributed by atoms with Crippen LogP contribution >= 0.6 is 11.8 Å². The van der Waals surface area contributed by atoms with Crippen LogP contribution in [0.2, 0.25) is 0 Å². The Morgan fingerprint density at radius 1 is 1.08 bits per heavy atom. The number of anilines is 1. The predicted octanol–water partition coefficient (Wildman–Crippen LogP) is 3.14. The topological polar surface area (TPSA) is 114 Å². The summed E-state index contributed by atoms with van der Waals surface area (Å²) in [7, 11) is 0. The molecule has 2 aromatic rings. The summed E-state index contributed by atoms with van der Waals surface area (Å²) in [6.07, 6.45) is 1.52. The molecule has 4 amide bonds. The number of ether oxygens (including phenoxy) is 3. The molecule has 1 N–H and O–H groups in total. The first-order valence-corrected chi connectivity index (χ1v) is 12.7. The van der Waals surface area contributed by atoms with Crippen LogP contribution in [0.3, 0.4) is 0 Å². The van der Waals surface area contributed by atoms with E-state index in [2.05, 4.69) is 5.32 Å². The van der Waals surface area contributed by atoms with E-state index in [1.54, 1.807) is 30.0 Å². The van der Waals surface area contributed by atoms with Crippen LogP contribution in [0.25, 0.3) is 6.08 Å². The molecular formula is C26H26FN3O7S. The Labute approximate surface area is 222 Å². The minimum atomic E-state index is -0.608. The van der Waals surface area contributed by atoms with Gasteiger partial charge in [-0.2, -0.15) is 0 Å². The molecule has 2 aliphatic rings. The smallest absolute Gasteiger partial charge is 0.294 e. The maximum Gasteiger partial charge on any atom is 0.294 e. The minimum absolute atomic E-state index is 0.142. The minimum Gasteiger partial charge on any atom is -0.490 e. The van der Waals surface area contributed by atoms with Crippen molar-refractivity contribution in [2.24, 2.45) is 0 Å². The molecule has 2 aliphatic heterocycles. The molecule has 0 aliphatic carbocycles. The number of imide groups is 1. The average Bonchev–Trinajstić information content (AvgIpc) is 3.17. The number of halogens is 1. The molecule has 38 heavy (non-hydrogen) atoms. The van der Waals surface area contributed by atoms with Gasteiger partial charge in [-0.1, -0.05) is 6.07 Å². The number of hydrogen-bond acceptors (Lipinski definition) is 8. The quantitative estimate of drug-likeness (QED) is 0.480. The summed E-state index contributed by atoms with van der Waals surface area (Å²) in [5.41, 5.74) is 0.915. The summed E-state index contributed by atoms with van der Waals surface area (Å²) in [5, 5.41) is 1.94. The van der Waals surface area contributed by atoms with Crippen molar-refractivity contribution in [3.8, 4) is 11.5 Å². The van der Waals surface area contributed by atoms with Gasteiger partial charge in [-0.15, -0.1) is 0 Å². The van der Waals surface area contributed by atoms with Crippen molar-refractivity contribution in [2.75, 3.05) is 51.4 Å². The molecule has 2 heterocycles. The first kappa shape index (κ1) is 27.1. The highest BCUT2D eigenvalue weighted by atomic mass is 32.2. The number of nitrogens with one attached hydrogen (secondary N) is 1. The van der Waals surface area contributed by atoms with E-state index in [1.807, 2.05) is 0 Å². The van der Waals surface area contributed by atoms with Crippen molar-refractivity contribution in [1.29, 1.82) is 0 Å². The molecule has 2 saturated heterocycles. The maximum atomic E-state index is 13.1. The molecule has 0 aromatic heterocycles. The van der Waals surface area contributed by atoms with Gasteiger partial charge in [-0.3, -0.25) is 24.1 Å². The van der Waals surface area contributed by atoms with Crippen molar-refractivity contribution in [1.82, 2.24) is 9.80 Å². The Morgan fingerprint density at radius 2 is 1.82 bits per heavy atom. The number of amides is 4. The van der Waals surface area contributed by atoms with Crippen molar-refractivity contribution >= 4 is 46.5 Å². The number of carbonyl (C=O) groups is 4. The fourth-order valence-corrected chi connectivity index (χ4v) is 4.55. The first-order chi connectivity index (χ1) is 18.3. The van der Waals surface area contributed by atoms with Gasteiger partial charge in [0.15, 0.2) is 18.1 Å². The van der Waals surface area contributed by atoms with E-state index in [-0.39, 0.29) is 17.4 Å². The van der Waals surface area contributed by atoms with Crippen LogP contribution in [-0.2, 0) is 19.1 Å². The van der Waals surface area contributed by atoms with Gasteiger partial charge >= 0.3 is 0 Å². The molecule has 0 radical (unpaired) electrons. The third-order valence-electron chi connectivity index (χ3n) is 5.58. The van der Waals surface area contributed by atoms with Crippen molar-refractivity contribution in [3.05, 3.63) is 58.8 Å². The lowest BCUT2D eigenvalue weighted by Gasteiger charge is -2.26. The number of hydrogen-bond donors (Lipinski definition) is 1. The van der Waals surface area contributed by atoms with Crippen LogP contribution in [-0.4, -0.2) is 78.8 Å². The molecule has 0 bridgehead atoms. The molecule has 2 fully saturated rings. The number of morpholine rings is 1. The molecular weight excluding hydrogens is 517 g/mol. The highest BCUT2D eigenvalue weighted by Gasteiger charge is 2.36. The Balaban J connectivity index is 1.40. The first-order valence-electron chi connectivity index (χ1n) is 11.9. The van der Waals surface area contributed by atoms with E-state index in [0.29, 0.717) is 67.4 Å². The van der Waals surface area contributed by atoms with Gasteiger partial charge in [0, 0.05) is 18.8 Å². The summed E-state index contributed by atoms with van der Waals surface area (Å²) in [5.74, 6) is -1.05. The van der Waals surface area contributed by atoms with Crippen LogP contribution < -0.4 is 14.8 Å². The van der Waals surface area contributed by atoms with Crippen LogP contribution in [0.5, 0.6) is 11.5 Å². The Kier molecular flexibility index (Phi) is 8.98. The summed E-state index contributed by atoms with van der Waals surface area (Å²) in [6.45, 7) is 3.54. The van der Waals surface area contributed by atoms with Gasteiger partial charge in [-0.05, 0) is 66.7 Å². The summed E-state index contributed by atoms with van der Waals surface area (Å²) < 4.78 is 29.7. The van der Waals surface area contributed by atoms with Gasteiger partial charge in [0.25, 0.3) is 17.1 Å². The fourth-order valence-electron chi connectivity index (χ4n) is 3.71. The SMILES string of the molecule is CCOc1cc(/C=C2\SC(=O)N(CC(=O)Nc3ccc(F)cc3)C2=O)ccc1OCC(=O)N1CCOCC1. The second kappa shape index (κ2) is 12.6. The Bertz CT molecular complexity index is 1250.